The zero-order valence-electron chi connectivity index (χ0n) is 17.1. The van der Waals surface area contributed by atoms with Crippen molar-refractivity contribution in [1.82, 2.24) is 9.78 Å². The number of carbonyl (C=O) groups is 1. The Morgan fingerprint density at radius 1 is 1.17 bits per heavy atom. The Morgan fingerprint density at radius 3 is 2.53 bits per heavy atom. The van der Waals surface area contributed by atoms with Crippen LogP contribution in [0.4, 0.5) is 15.8 Å². The summed E-state index contributed by atoms with van der Waals surface area (Å²) >= 11 is 0. The second kappa shape index (κ2) is 8.67. The number of carbonyl (C=O) groups excluding carboxylic acids is 1. The number of benzene rings is 2. The molecule has 0 aliphatic carbocycles. The highest BCUT2D eigenvalue weighted by atomic mass is 19.1. The van der Waals surface area contributed by atoms with Crippen molar-refractivity contribution in [2.75, 3.05) is 23.3 Å². The summed E-state index contributed by atoms with van der Waals surface area (Å²) in [5, 5.41) is 6.96. The number of aromatic nitrogens is 2. The topological polar surface area (TPSA) is 59.4 Å². The molecule has 1 aromatic heterocycles. The molecule has 1 fully saturated rings. The Labute approximate surface area is 175 Å². The molecule has 6 nitrogen and oxygen atoms in total. The number of nitrogens with zero attached hydrogens (tertiary/aromatic N) is 3. The highest BCUT2D eigenvalue weighted by Crippen LogP contribution is 2.26. The van der Waals surface area contributed by atoms with Crippen molar-refractivity contribution in [1.29, 1.82) is 0 Å². The van der Waals surface area contributed by atoms with E-state index in [0.29, 0.717) is 24.5 Å². The van der Waals surface area contributed by atoms with E-state index in [4.69, 9.17) is 4.74 Å². The predicted molar refractivity (Wildman–Crippen MR) is 115 cm³/mol. The minimum Gasteiger partial charge on any atom is -0.372 e. The van der Waals surface area contributed by atoms with Crippen LogP contribution in [0.3, 0.4) is 0 Å². The molecular weight excluding hydrogens is 383 g/mol. The van der Waals surface area contributed by atoms with E-state index in [-0.39, 0.29) is 30.4 Å². The SMILES string of the molecule is C[C@@H]1CN(c2ccc(NC(=O)Cc3ccc(-n4cccn4)cc3)cc2F)C[C@@H](C)O1. The van der Waals surface area contributed by atoms with Gasteiger partial charge in [0.05, 0.1) is 30.0 Å². The fourth-order valence-electron chi connectivity index (χ4n) is 3.79. The summed E-state index contributed by atoms with van der Waals surface area (Å²) in [5.74, 6) is -0.541. The van der Waals surface area contributed by atoms with Gasteiger partial charge < -0.3 is 15.0 Å². The first-order chi connectivity index (χ1) is 14.5. The van der Waals surface area contributed by atoms with Gasteiger partial charge in [0.15, 0.2) is 0 Å². The van der Waals surface area contributed by atoms with Gasteiger partial charge in [0, 0.05) is 31.2 Å². The van der Waals surface area contributed by atoms with Crippen LogP contribution in [-0.2, 0) is 16.0 Å². The van der Waals surface area contributed by atoms with Gasteiger partial charge in [0.25, 0.3) is 0 Å². The molecule has 1 aliphatic heterocycles. The summed E-state index contributed by atoms with van der Waals surface area (Å²) < 4.78 is 22.2. The van der Waals surface area contributed by atoms with E-state index in [0.717, 1.165) is 11.3 Å². The summed E-state index contributed by atoms with van der Waals surface area (Å²) in [5.41, 5.74) is 2.78. The number of halogens is 1. The third-order valence-electron chi connectivity index (χ3n) is 5.06. The molecule has 0 unspecified atom stereocenters. The third kappa shape index (κ3) is 4.68. The standard InChI is InChI=1S/C23H25FN4O2/c1-16-14-27(15-17(2)30-16)22-9-6-19(13-21(22)24)26-23(29)12-18-4-7-20(8-5-18)28-11-3-10-25-28/h3-11,13,16-17H,12,14-15H2,1-2H3,(H,26,29)/t16-,17-/m1/s1. The van der Waals surface area contributed by atoms with Crippen molar-refractivity contribution in [3.63, 3.8) is 0 Å². The van der Waals surface area contributed by atoms with Crippen LogP contribution in [0.25, 0.3) is 5.69 Å². The maximum absolute atomic E-state index is 14.7. The van der Waals surface area contributed by atoms with Gasteiger partial charge in [-0.1, -0.05) is 12.1 Å². The Balaban J connectivity index is 1.38. The lowest BCUT2D eigenvalue weighted by molar-refractivity contribution is -0.115. The smallest absolute Gasteiger partial charge is 0.228 e. The molecule has 2 aromatic carbocycles. The van der Waals surface area contributed by atoms with Gasteiger partial charge >= 0.3 is 0 Å². The quantitative estimate of drug-likeness (QED) is 0.698. The van der Waals surface area contributed by atoms with E-state index in [9.17, 15) is 9.18 Å². The van der Waals surface area contributed by atoms with Gasteiger partial charge in [0.2, 0.25) is 5.91 Å². The van der Waals surface area contributed by atoms with E-state index in [1.807, 2.05) is 55.3 Å². The van der Waals surface area contributed by atoms with Crippen molar-refractivity contribution in [3.8, 4) is 5.69 Å². The lowest BCUT2D eigenvalue weighted by Gasteiger charge is -2.37. The van der Waals surface area contributed by atoms with Gasteiger partial charge in [-0.2, -0.15) is 5.10 Å². The van der Waals surface area contributed by atoms with E-state index in [2.05, 4.69) is 10.4 Å². The second-order valence-corrected chi connectivity index (χ2v) is 7.67. The van der Waals surface area contributed by atoms with Gasteiger partial charge in [-0.15, -0.1) is 0 Å². The third-order valence-corrected chi connectivity index (χ3v) is 5.06. The number of anilines is 2. The summed E-state index contributed by atoms with van der Waals surface area (Å²) in [6, 6.07) is 14.3. The molecule has 1 N–H and O–H groups in total. The normalized spacial score (nSPS) is 19.0. The summed E-state index contributed by atoms with van der Waals surface area (Å²) in [6.07, 6.45) is 3.88. The maximum Gasteiger partial charge on any atom is 0.228 e. The maximum atomic E-state index is 14.7. The number of ether oxygens (including phenoxy) is 1. The van der Waals surface area contributed by atoms with E-state index in [1.54, 1.807) is 23.0 Å². The molecule has 4 rings (SSSR count). The van der Waals surface area contributed by atoms with E-state index < -0.39 is 0 Å². The average molecular weight is 408 g/mol. The summed E-state index contributed by atoms with van der Waals surface area (Å²) in [7, 11) is 0. The monoisotopic (exact) mass is 408 g/mol. The Bertz CT molecular complexity index is 995. The van der Waals surface area contributed by atoms with Gasteiger partial charge in [-0.25, -0.2) is 9.07 Å². The van der Waals surface area contributed by atoms with Crippen molar-refractivity contribution >= 4 is 17.3 Å². The number of hydrogen-bond acceptors (Lipinski definition) is 4. The largest absolute Gasteiger partial charge is 0.372 e. The molecule has 156 valence electrons. The van der Waals surface area contributed by atoms with Gasteiger partial charge in [-0.05, 0) is 55.8 Å². The number of amides is 1. The molecule has 1 aliphatic rings. The minimum atomic E-state index is -0.349. The highest BCUT2D eigenvalue weighted by molar-refractivity contribution is 5.92. The Kier molecular flexibility index (Phi) is 5.81. The molecule has 7 heteroatoms. The molecule has 0 spiro atoms. The molecule has 30 heavy (non-hydrogen) atoms. The Morgan fingerprint density at radius 2 is 1.90 bits per heavy atom. The van der Waals surface area contributed by atoms with E-state index >= 15 is 0 Å². The second-order valence-electron chi connectivity index (χ2n) is 7.67. The van der Waals surface area contributed by atoms with Crippen LogP contribution in [0, 0.1) is 5.82 Å². The zero-order valence-corrected chi connectivity index (χ0v) is 17.1. The molecule has 1 amide bonds. The first-order valence-corrected chi connectivity index (χ1v) is 10.1. The molecule has 0 radical (unpaired) electrons. The average Bonchev–Trinajstić information content (AvgIpc) is 3.22. The van der Waals surface area contributed by atoms with Crippen LogP contribution in [0.5, 0.6) is 0 Å². The molecular formula is C23H25FN4O2. The minimum absolute atomic E-state index is 0.0483. The van der Waals surface area contributed by atoms with E-state index in [1.165, 1.54) is 6.07 Å². The van der Waals surface area contributed by atoms with Crippen LogP contribution in [-0.4, -0.2) is 41.0 Å². The lowest BCUT2D eigenvalue weighted by Crippen LogP contribution is -2.45. The first kappa shape index (κ1) is 20.1. The number of hydrogen-bond donors (Lipinski definition) is 1. The van der Waals surface area contributed by atoms with Crippen LogP contribution < -0.4 is 10.2 Å². The fraction of sp³-hybridized carbons (Fsp3) is 0.304. The van der Waals surface area contributed by atoms with Crippen LogP contribution in [0.15, 0.2) is 60.9 Å². The number of rotatable bonds is 5. The van der Waals surface area contributed by atoms with Crippen molar-refractivity contribution < 1.29 is 13.9 Å². The number of morpholine rings is 1. The summed E-state index contributed by atoms with van der Waals surface area (Å²) in [4.78, 5) is 14.4. The molecule has 2 atom stereocenters. The van der Waals surface area contributed by atoms with Crippen LogP contribution in [0.1, 0.15) is 19.4 Å². The number of nitrogens with one attached hydrogen (secondary N) is 1. The van der Waals surface area contributed by atoms with Crippen molar-refractivity contribution in [3.05, 3.63) is 72.3 Å². The van der Waals surface area contributed by atoms with Gasteiger partial charge in [0.1, 0.15) is 5.82 Å². The molecule has 2 heterocycles. The molecule has 1 saturated heterocycles. The first-order valence-electron chi connectivity index (χ1n) is 10.1. The predicted octanol–water partition coefficient (Wildman–Crippen LogP) is 3.81. The summed E-state index contributed by atoms with van der Waals surface area (Å²) in [6.45, 7) is 5.25. The zero-order chi connectivity index (χ0) is 21.1. The van der Waals surface area contributed by atoms with Crippen LogP contribution in [0.2, 0.25) is 0 Å². The van der Waals surface area contributed by atoms with Crippen molar-refractivity contribution in [2.24, 2.45) is 0 Å². The molecule has 0 saturated carbocycles. The highest BCUT2D eigenvalue weighted by Gasteiger charge is 2.24. The fourth-order valence-corrected chi connectivity index (χ4v) is 3.79. The van der Waals surface area contributed by atoms with Crippen LogP contribution >= 0.6 is 0 Å². The Hall–Kier alpha value is -3.19. The van der Waals surface area contributed by atoms with Crippen molar-refractivity contribution in [2.45, 2.75) is 32.5 Å². The van der Waals surface area contributed by atoms with Gasteiger partial charge in [-0.3, -0.25) is 4.79 Å². The lowest BCUT2D eigenvalue weighted by atomic mass is 10.1. The molecule has 0 bridgehead atoms. The molecule has 3 aromatic rings.